The van der Waals surface area contributed by atoms with Crippen molar-refractivity contribution >= 4 is 17.6 Å². The lowest BCUT2D eigenvalue weighted by atomic mass is 9.98. The summed E-state index contributed by atoms with van der Waals surface area (Å²) in [5.74, 6) is -0.909. The number of carbonyl (C=O) groups is 1. The largest absolute Gasteiger partial charge is 0.478 e. The molecule has 0 spiro atoms. The van der Waals surface area contributed by atoms with Crippen molar-refractivity contribution < 1.29 is 9.90 Å². The highest BCUT2D eigenvalue weighted by molar-refractivity contribution is 6.21. The van der Waals surface area contributed by atoms with Gasteiger partial charge in [-0.25, -0.2) is 4.79 Å². The summed E-state index contributed by atoms with van der Waals surface area (Å²) in [5, 5.41) is 9.34. The molecule has 18 heavy (non-hydrogen) atoms. The molecule has 0 unspecified atom stereocenters. The third kappa shape index (κ3) is 2.66. The van der Waals surface area contributed by atoms with Crippen LogP contribution >= 0.6 is 0 Å². The predicted octanol–water partition coefficient (Wildman–Crippen LogP) is 3.62. The number of aliphatic carboxylic acids is 1. The van der Waals surface area contributed by atoms with Crippen molar-refractivity contribution in [3.05, 3.63) is 71.3 Å². The maximum atomic E-state index is 11.4. The maximum absolute atomic E-state index is 11.4. The van der Waals surface area contributed by atoms with Gasteiger partial charge in [0.2, 0.25) is 0 Å². The van der Waals surface area contributed by atoms with Crippen LogP contribution in [0.15, 0.2) is 54.6 Å². The van der Waals surface area contributed by atoms with E-state index < -0.39 is 5.97 Å². The lowest BCUT2D eigenvalue weighted by Gasteiger charge is -2.06. The summed E-state index contributed by atoms with van der Waals surface area (Å²) in [4.78, 5) is 11.4. The van der Waals surface area contributed by atoms with Gasteiger partial charge in [0.1, 0.15) is 0 Å². The van der Waals surface area contributed by atoms with E-state index in [0.29, 0.717) is 5.57 Å². The van der Waals surface area contributed by atoms with Crippen molar-refractivity contribution in [2.24, 2.45) is 0 Å². The molecule has 0 atom stereocenters. The first-order valence-corrected chi connectivity index (χ1v) is 5.74. The number of carboxylic acid groups (broad SMARTS) is 1. The molecule has 0 amide bonds. The van der Waals surface area contributed by atoms with Gasteiger partial charge in [-0.1, -0.05) is 54.6 Å². The number of benzene rings is 2. The standard InChI is InChI=1S/C16H14O2/c1-12-7-5-6-10-14(12)15(16(17)18)11-13-8-3-2-4-9-13/h2-11H,1H3,(H,17,18). The van der Waals surface area contributed by atoms with E-state index in [1.807, 2.05) is 61.5 Å². The monoisotopic (exact) mass is 238 g/mol. The van der Waals surface area contributed by atoms with Gasteiger partial charge in [0.15, 0.2) is 0 Å². The molecule has 0 aliphatic carbocycles. The van der Waals surface area contributed by atoms with E-state index >= 15 is 0 Å². The van der Waals surface area contributed by atoms with Crippen LogP contribution in [0.3, 0.4) is 0 Å². The highest BCUT2D eigenvalue weighted by Crippen LogP contribution is 2.21. The number of hydrogen-bond donors (Lipinski definition) is 1. The predicted molar refractivity (Wildman–Crippen MR) is 73.1 cm³/mol. The molecule has 2 aromatic carbocycles. The van der Waals surface area contributed by atoms with Crippen LogP contribution in [-0.2, 0) is 4.79 Å². The van der Waals surface area contributed by atoms with E-state index in [4.69, 9.17) is 0 Å². The first-order valence-electron chi connectivity index (χ1n) is 5.74. The summed E-state index contributed by atoms with van der Waals surface area (Å²) in [6.45, 7) is 1.91. The van der Waals surface area contributed by atoms with Crippen molar-refractivity contribution in [1.82, 2.24) is 0 Å². The van der Waals surface area contributed by atoms with Gasteiger partial charge in [-0.3, -0.25) is 0 Å². The first kappa shape index (κ1) is 12.1. The molecule has 2 aromatic rings. The van der Waals surface area contributed by atoms with Crippen LogP contribution < -0.4 is 0 Å². The molecule has 0 aromatic heterocycles. The Morgan fingerprint density at radius 2 is 1.61 bits per heavy atom. The topological polar surface area (TPSA) is 37.3 Å². The lowest BCUT2D eigenvalue weighted by molar-refractivity contribution is -0.130. The fourth-order valence-corrected chi connectivity index (χ4v) is 1.85. The number of rotatable bonds is 3. The molecule has 0 saturated heterocycles. The number of aryl methyl sites for hydroxylation is 1. The Kier molecular flexibility index (Phi) is 3.58. The fraction of sp³-hybridized carbons (Fsp3) is 0.0625. The molecule has 0 bridgehead atoms. The van der Waals surface area contributed by atoms with E-state index in [0.717, 1.165) is 16.7 Å². The third-order valence-corrected chi connectivity index (χ3v) is 2.78. The molecule has 0 aliphatic rings. The van der Waals surface area contributed by atoms with Gasteiger partial charge in [-0.05, 0) is 29.7 Å². The Hall–Kier alpha value is -2.35. The summed E-state index contributed by atoms with van der Waals surface area (Å²) < 4.78 is 0. The zero-order valence-corrected chi connectivity index (χ0v) is 10.1. The first-order chi connectivity index (χ1) is 8.68. The third-order valence-electron chi connectivity index (χ3n) is 2.78. The Morgan fingerprint density at radius 3 is 2.22 bits per heavy atom. The van der Waals surface area contributed by atoms with Crippen molar-refractivity contribution in [1.29, 1.82) is 0 Å². The molecular formula is C16H14O2. The summed E-state index contributed by atoms with van der Waals surface area (Å²) >= 11 is 0. The van der Waals surface area contributed by atoms with Crippen LogP contribution in [0.1, 0.15) is 16.7 Å². The van der Waals surface area contributed by atoms with Crippen molar-refractivity contribution in [3.63, 3.8) is 0 Å². The Labute approximate surface area is 106 Å². The highest BCUT2D eigenvalue weighted by atomic mass is 16.4. The smallest absolute Gasteiger partial charge is 0.336 e. The second-order valence-electron chi connectivity index (χ2n) is 4.09. The Morgan fingerprint density at radius 1 is 1.00 bits per heavy atom. The molecule has 0 aliphatic heterocycles. The molecule has 0 radical (unpaired) electrons. The van der Waals surface area contributed by atoms with Gasteiger partial charge in [0.05, 0.1) is 5.57 Å². The lowest BCUT2D eigenvalue weighted by Crippen LogP contribution is -2.01. The van der Waals surface area contributed by atoms with Gasteiger partial charge < -0.3 is 5.11 Å². The van der Waals surface area contributed by atoms with Crippen molar-refractivity contribution in [3.8, 4) is 0 Å². The minimum absolute atomic E-state index is 0.319. The van der Waals surface area contributed by atoms with Crippen LogP contribution in [0.25, 0.3) is 11.6 Å². The van der Waals surface area contributed by atoms with Gasteiger partial charge in [-0.15, -0.1) is 0 Å². The second kappa shape index (κ2) is 5.32. The normalized spacial score (nSPS) is 11.3. The van der Waals surface area contributed by atoms with Crippen LogP contribution in [-0.4, -0.2) is 11.1 Å². The highest BCUT2D eigenvalue weighted by Gasteiger charge is 2.12. The van der Waals surface area contributed by atoms with Gasteiger partial charge in [0.25, 0.3) is 0 Å². The number of hydrogen-bond acceptors (Lipinski definition) is 1. The average Bonchev–Trinajstić information content (AvgIpc) is 2.38. The fourth-order valence-electron chi connectivity index (χ4n) is 1.85. The molecule has 1 N–H and O–H groups in total. The summed E-state index contributed by atoms with van der Waals surface area (Å²) in [6, 6.07) is 17.0. The van der Waals surface area contributed by atoms with Gasteiger partial charge in [0, 0.05) is 0 Å². The molecule has 0 heterocycles. The maximum Gasteiger partial charge on any atom is 0.336 e. The molecule has 90 valence electrons. The van der Waals surface area contributed by atoms with E-state index in [1.54, 1.807) is 6.08 Å². The Balaban J connectivity index is 2.51. The number of carboxylic acids is 1. The zero-order valence-electron chi connectivity index (χ0n) is 10.1. The van der Waals surface area contributed by atoms with Crippen molar-refractivity contribution in [2.45, 2.75) is 6.92 Å². The molecule has 0 fully saturated rings. The van der Waals surface area contributed by atoms with Crippen LogP contribution in [0.4, 0.5) is 0 Å². The molecule has 2 heteroatoms. The summed E-state index contributed by atoms with van der Waals surface area (Å²) in [6.07, 6.45) is 1.70. The van der Waals surface area contributed by atoms with Crippen LogP contribution in [0, 0.1) is 6.92 Å². The minimum Gasteiger partial charge on any atom is -0.478 e. The van der Waals surface area contributed by atoms with E-state index in [2.05, 4.69) is 0 Å². The molecule has 2 nitrogen and oxygen atoms in total. The van der Waals surface area contributed by atoms with Crippen LogP contribution in [0.5, 0.6) is 0 Å². The molecule has 0 saturated carbocycles. The van der Waals surface area contributed by atoms with E-state index in [1.165, 1.54) is 0 Å². The van der Waals surface area contributed by atoms with Crippen molar-refractivity contribution in [2.75, 3.05) is 0 Å². The zero-order chi connectivity index (χ0) is 13.0. The van der Waals surface area contributed by atoms with E-state index in [9.17, 15) is 9.90 Å². The van der Waals surface area contributed by atoms with Gasteiger partial charge >= 0.3 is 5.97 Å². The summed E-state index contributed by atoms with van der Waals surface area (Å²) in [5.41, 5.74) is 2.92. The SMILES string of the molecule is Cc1ccccc1C(=Cc1ccccc1)C(=O)O. The Bertz CT molecular complexity index is 583. The second-order valence-corrected chi connectivity index (χ2v) is 4.09. The molecular weight excluding hydrogens is 224 g/mol. The summed E-state index contributed by atoms with van der Waals surface area (Å²) in [7, 11) is 0. The van der Waals surface area contributed by atoms with Gasteiger partial charge in [-0.2, -0.15) is 0 Å². The van der Waals surface area contributed by atoms with Crippen LogP contribution in [0.2, 0.25) is 0 Å². The van der Waals surface area contributed by atoms with E-state index in [-0.39, 0.29) is 0 Å². The average molecular weight is 238 g/mol. The molecule has 2 rings (SSSR count). The minimum atomic E-state index is -0.909. The quantitative estimate of drug-likeness (QED) is 0.655.